The van der Waals surface area contributed by atoms with Crippen LogP contribution in [-0.2, 0) is 20.9 Å². The lowest BCUT2D eigenvalue weighted by Gasteiger charge is -2.39. The van der Waals surface area contributed by atoms with Crippen molar-refractivity contribution < 1.29 is 19.1 Å². The van der Waals surface area contributed by atoms with Crippen molar-refractivity contribution in [2.45, 2.75) is 38.2 Å². The molecule has 0 aromatic heterocycles. The Bertz CT molecular complexity index is 518. The van der Waals surface area contributed by atoms with Crippen LogP contribution in [0.3, 0.4) is 0 Å². The Morgan fingerprint density at radius 1 is 1.38 bits per heavy atom. The van der Waals surface area contributed by atoms with Crippen LogP contribution in [0.15, 0.2) is 30.3 Å². The summed E-state index contributed by atoms with van der Waals surface area (Å²) in [7, 11) is 0. The van der Waals surface area contributed by atoms with Gasteiger partial charge in [0.05, 0.1) is 18.8 Å². The molecule has 5 heteroatoms. The largest absolute Gasteiger partial charge is 0.444 e. The molecule has 112 valence electrons. The first-order chi connectivity index (χ1) is 10.2. The van der Waals surface area contributed by atoms with Crippen molar-refractivity contribution in [2.75, 3.05) is 0 Å². The van der Waals surface area contributed by atoms with Gasteiger partial charge in [-0.05, 0) is 17.9 Å². The lowest BCUT2D eigenvalue weighted by molar-refractivity contribution is -0.123. The van der Waals surface area contributed by atoms with Gasteiger partial charge in [-0.1, -0.05) is 37.3 Å². The molecule has 2 fully saturated rings. The summed E-state index contributed by atoms with van der Waals surface area (Å²) in [6, 6.07) is 9.68. The van der Waals surface area contributed by atoms with Gasteiger partial charge >= 0.3 is 6.09 Å². The van der Waals surface area contributed by atoms with Gasteiger partial charge in [0.2, 0.25) is 0 Å². The third-order valence-corrected chi connectivity index (χ3v) is 4.46. The van der Waals surface area contributed by atoms with Crippen LogP contribution in [0.5, 0.6) is 0 Å². The van der Waals surface area contributed by atoms with E-state index in [4.69, 9.17) is 9.47 Å². The SMILES string of the molecule is C[C@H]1[C@H](OCc2ccccc2)[C@H]2NC(=O)O[C@H]2C[C@@H]1C=O. The van der Waals surface area contributed by atoms with Crippen molar-refractivity contribution in [3.05, 3.63) is 35.9 Å². The zero-order chi connectivity index (χ0) is 14.8. The molecule has 0 spiro atoms. The average Bonchev–Trinajstić information content (AvgIpc) is 2.87. The summed E-state index contributed by atoms with van der Waals surface area (Å²) < 4.78 is 11.3. The lowest BCUT2D eigenvalue weighted by atomic mass is 9.75. The fourth-order valence-corrected chi connectivity index (χ4v) is 3.22. The normalized spacial score (nSPS) is 34.7. The molecule has 1 saturated carbocycles. The standard InChI is InChI=1S/C16H19NO4/c1-10-12(8-18)7-13-14(17-16(19)21-13)15(10)20-9-11-5-3-2-4-6-11/h2-6,8,10,12-15H,7,9H2,1H3,(H,17,19)/t10-,12-,13+,14+,15+/m1/s1. The Balaban J connectivity index is 1.73. The van der Waals surface area contributed by atoms with E-state index >= 15 is 0 Å². The summed E-state index contributed by atoms with van der Waals surface area (Å²) in [5, 5.41) is 2.82. The highest BCUT2D eigenvalue weighted by Gasteiger charge is 2.49. The Labute approximate surface area is 123 Å². The van der Waals surface area contributed by atoms with Crippen molar-refractivity contribution in [3.8, 4) is 0 Å². The van der Waals surface area contributed by atoms with Crippen LogP contribution in [0.4, 0.5) is 4.79 Å². The fourth-order valence-electron chi connectivity index (χ4n) is 3.22. The van der Waals surface area contributed by atoms with Gasteiger partial charge in [-0.15, -0.1) is 0 Å². The summed E-state index contributed by atoms with van der Waals surface area (Å²) >= 11 is 0. The zero-order valence-electron chi connectivity index (χ0n) is 11.9. The van der Waals surface area contributed by atoms with Gasteiger partial charge in [-0.25, -0.2) is 4.79 Å². The maximum absolute atomic E-state index is 11.5. The predicted molar refractivity (Wildman–Crippen MR) is 75.5 cm³/mol. The van der Waals surface area contributed by atoms with Crippen LogP contribution in [0.2, 0.25) is 0 Å². The number of carbonyl (C=O) groups is 2. The van der Waals surface area contributed by atoms with Gasteiger partial charge in [0.15, 0.2) is 0 Å². The van der Waals surface area contributed by atoms with E-state index in [0.717, 1.165) is 11.8 Å². The molecular weight excluding hydrogens is 270 g/mol. The Kier molecular flexibility index (Phi) is 3.92. The average molecular weight is 289 g/mol. The van der Waals surface area contributed by atoms with Gasteiger partial charge in [0.25, 0.3) is 0 Å². The molecule has 1 saturated heterocycles. The van der Waals surface area contributed by atoms with Crippen molar-refractivity contribution in [1.82, 2.24) is 5.32 Å². The molecule has 1 aromatic carbocycles. The monoisotopic (exact) mass is 289 g/mol. The second-order valence-corrected chi connectivity index (χ2v) is 5.77. The van der Waals surface area contributed by atoms with E-state index in [1.165, 1.54) is 0 Å². The number of aldehydes is 1. The number of fused-ring (bicyclic) bond motifs is 1. The molecule has 1 N–H and O–H groups in total. The maximum atomic E-state index is 11.5. The molecule has 1 amide bonds. The number of nitrogens with one attached hydrogen (secondary N) is 1. The summed E-state index contributed by atoms with van der Waals surface area (Å²) in [5.41, 5.74) is 1.07. The van der Waals surface area contributed by atoms with Gasteiger partial charge in [0.1, 0.15) is 12.4 Å². The highest BCUT2D eigenvalue weighted by Crippen LogP contribution is 2.35. The summed E-state index contributed by atoms with van der Waals surface area (Å²) in [6.45, 7) is 2.45. The molecular formula is C16H19NO4. The highest BCUT2D eigenvalue weighted by molar-refractivity contribution is 5.71. The number of alkyl carbamates (subject to hydrolysis) is 1. The zero-order valence-corrected chi connectivity index (χ0v) is 11.9. The molecule has 1 aliphatic carbocycles. The van der Waals surface area contributed by atoms with E-state index in [-0.39, 0.29) is 30.1 Å². The van der Waals surface area contributed by atoms with Crippen LogP contribution < -0.4 is 5.32 Å². The maximum Gasteiger partial charge on any atom is 0.407 e. The smallest absolute Gasteiger partial charge is 0.407 e. The van der Waals surface area contributed by atoms with E-state index in [1.807, 2.05) is 37.3 Å². The minimum atomic E-state index is -0.419. The molecule has 2 aliphatic rings. The summed E-state index contributed by atoms with van der Waals surface area (Å²) in [6.07, 6.45) is 0.609. The van der Waals surface area contributed by atoms with Crippen LogP contribution in [0.25, 0.3) is 0 Å². The van der Waals surface area contributed by atoms with Crippen molar-refractivity contribution in [2.24, 2.45) is 11.8 Å². The molecule has 1 heterocycles. The van der Waals surface area contributed by atoms with E-state index in [2.05, 4.69) is 5.32 Å². The second-order valence-electron chi connectivity index (χ2n) is 5.77. The van der Waals surface area contributed by atoms with Gasteiger partial charge < -0.3 is 19.6 Å². The number of ether oxygens (including phenoxy) is 2. The van der Waals surface area contributed by atoms with Gasteiger partial charge in [-0.3, -0.25) is 0 Å². The Hall–Kier alpha value is -1.88. The van der Waals surface area contributed by atoms with Crippen molar-refractivity contribution >= 4 is 12.4 Å². The second kappa shape index (κ2) is 5.85. The van der Waals surface area contributed by atoms with E-state index in [9.17, 15) is 9.59 Å². The minimum Gasteiger partial charge on any atom is -0.444 e. The number of carbonyl (C=O) groups excluding carboxylic acids is 2. The molecule has 0 bridgehead atoms. The quantitative estimate of drug-likeness (QED) is 0.860. The molecule has 0 unspecified atom stereocenters. The molecule has 1 aromatic rings. The predicted octanol–water partition coefficient (Wildman–Crippen LogP) is 1.90. The van der Waals surface area contributed by atoms with Crippen LogP contribution in [-0.4, -0.2) is 30.6 Å². The highest BCUT2D eigenvalue weighted by atomic mass is 16.6. The first-order valence-electron chi connectivity index (χ1n) is 7.27. The number of amides is 1. The van der Waals surface area contributed by atoms with E-state index < -0.39 is 6.09 Å². The van der Waals surface area contributed by atoms with E-state index in [0.29, 0.717) is 13.0 Å². The molecule has 0 radical (unpaired) electrons. The summed E-state index contributed by atoms with van der Waals surface area (Å²) in [5.74, 6) is -0.0887. The van der Waals surface area contributed by atoms with Crippen LogP contribution in [0, 0.1) is 11.8 Å². The lowest BCUT2D eigenvalue weighted by Crippen LogP contribution is -2.53. The van der Waals surface area contributed by atoms with Crippen LogP contribution in [0.1, 0.15) is 18.9 Å². The molecule has 1 aliphatic heterocycles. The van der Waals surface area contributed by atoms with Gasteiger partial charge in [0, 0.05) is 5.92 Å². The van der Waals surface area contributed by atoms with Crippen molar-refractivity contribution in [1.29, 1.82) is 0 Å². The Morgan fingerprint density at radius 3 is 2.86 bits per heavy atom. The first kappa shape index (κ1) is 14.1. The van der Waals surface area contributed by atoms with Crippen LogP contribution >= 0.6 is 0 Å². The molecule has 5 nitrogen and oxygen atoms in total. The van der Waals surface area contributed by atoms with Crippen molar-refractivity contribution in [3.63, 3.8) is 0 Å². The molecule has 21 heavy (non-hydrogen) atoms. The topological polar surface area (TPSA) is 64.6 Å². The number of rotatable bonds is 4. The third-order valence-electron chi connectivity index (χ3n) is 4.46. The molecule has 3 rings (SSSR count). The minimum absolute atomic E-state index is 0.0504. The van der Waals surface area contributed by atoms with E-state index in [1.54, 1.807) is 0 Å². The number of benzene rings is 1. The first-order valence-corrected chi connectivity index (χ1v) is 7.27. The number of hydrogen-bond donors (Lipinski definition) is 1. The molecule has 5 atom stereocenters. The fraction of sp³-hybridized carbons (Fsp3) is 0.500. The summed E-state index contributed by atoms with van der Waals surface area (Å²) in [4.78, 5) is 22.7. The third kappa shape index (κ3) is 2.78. The number of hydrogen-bond acceptors (Lipinski definition) is 4. The Morgan fingerprint density at radius 2 is 2.14 bits per heavy atom. The van der Waals surface area contributed by atoms with Gasteiger partial charge in [-0.2, -0.15) is 0 Å².